The number of benzene rings is 4. The minimum absolute atomic E-state index is 0.0784. The van der Waals surface area contributed by atoms with Crippen molar-refractivity contribution >= 4 is 23.6 Å². The van der Waals surface area contributed by atoms with Crippen molar-refractivity contribution < 1.29 is 38.1 Å². The number of nitrogens with zero attached hydrogens (tertiary/aromatic N) is 4. The maximum Gasteiger partial charge on any atom is 0.260 e. The van der Waals surface area contributed by atoms with E-state index in [4.69, 9.17) is 18.9 Å². The molecule has 0 saturated carbocycles. The third-order valence-corrected chi connectivity index (χ3v) is 16.8. The Morgan fingerprint density at radius 1 is 0.310 bits per heavy atom. The monoisotopic (exact) mass is 1160 g/mol. The van der Waals surface area contributed by atoms with Crippen LogP contribution in [0.2, 0.25) is 0 Å². The van der Waals surface area contributed by atoms with Gasteiger partial charge in [-0.15, -0.1) is 0 Å². The largest absolute Gasteiger partial charge is 0.483 e. The van der Waals surface area contributed by atoms with Crippen LogP contribution in [0.4, 0.5) is 0 Å². The molecule has 0 fully saturated rings. The summed E-state index contributed by atoms with van der Waals surface area (Å²) in [6.45, 7) is 46.9. The van der Waals surface area contributed by atoms with E-state index in [9.17, 15) is 19.2 Å². The highest BCUT2D eigenvalue weighted by Crippen LogP contribution is 2.43. The summed E-state index contributed by atoms with van der Waals surface area (Å²) in [4.78, 5) is 63.1. The fourth-order valence-corrected chi connectivity index (χ4v) is 11.3. The van der Waals surface area contributed by atoms with E-state index in [0.717, 1.165) is 66.8 Å². The highest BCUT2D eigenvalue weighted by molar-refractivity contribution is 5.79. The summed E-state index contributed by atoms with van der Waals surface area (Å²) >= 11 is 0. The Bertz CT molecular complexity index is 2490. The number of aryl methyl sites for hydroxylation is 4. The molecule has 0 unspecified atom stereocenters. The van der Waals surface area contributed by atoms with Crippen LogP contribution in [0.5, 0.6) is 23.0 Å². The Balaban J connectivity index is 1.93. The number of hydrogen-bond donors (Lipinski definition) is 0. The van der Waals surface area contributed by atoms with Gasteiger partial charge in [-0.1, -0.05) is 132 Å². The molecule has 0 heterocycles. The number of carbonyl (C=O) groups is 4. The Morgan fingerprint density at radius 3 is 0.631 bits per heavy atom. The Labute approximate surface area is 507 Å². The molecule has 0 atom stereocenters. The molecule has 0 spiro atoms. The van der Waals surface area contributed by atoms with Gasteiger partial charge in [0.05, 0.1) is 0 Å². The molecule has 4 amide bonds. The first-order valence-electron chi connectivity index (χ1n) is 31.7. The number of likely N-dealkylation sites (N-methyl/N-ethyl adjacent to an activating group) is 4. The fourth-order valence-electron chi connectivity index (χ4n) is 11.3. The zero-order valence-electron chi connectivity index (χ0n) is 55.8. The van der Waals surface area contributed by atoms with E-state index in [1.165, 1.54) is 0 Å². The van der Waals surface area contributed by atoms with Gasteiger partial charge in [0, 0.05) is 65.2 Å². The van der Waals surface area contributed by atoms with E-state index in [-0.39, 0.29) is 71.7 Å². The Morgan fingerprint density at radius 2 is 0.476 bits per heavy atom. The molecule has 8 bridgehead atoms. The topological polar surface area (TPSA) is 118 Å². The summed E-state index contributed by atoms with van der Waals surface area (Å²) in [7, 11) is 0. The standard InChI is InChI=1S/C72H108N4O8/c1-21-73(22-2)61(77)45-81-65-49-31-29-32-50-38-59(71(15,16)17)43-55(67(50)83-47-63(79)75(25-5)26-6)36-56-44-60(72(18,19)20)40-52(68(56)84-48-64(80)76(27-7)28-8)34-30-33-51-39-58(70(12,13)14)42-54(35-53(65)41-57(37-49)69(9,10)11)66(51)82-46-62(78)74(23-3)24-4/h37-44H,21-36,45-48H2,1-20H3. The number of rotatable bonds is 20. The molecule has 0 N–H and O–H groups in total. The molecule has 0 aromatic heterocycles. The third kappa shape index (κ3) is 18.0. The average Bonchev–Trinajstić information content (AvgIpc) is 3.49. The minimum atomic E-state index is -0.251. The summed E-state index contributed by atoms with van der Waals surface area (Å²) < 4.78 is 27.7. The highest BCUT2D eigenvalue weighted by Gasteiger charge is 2.30. The van der Waals surface area contributed by atoms with Crippen molar-refractivity contribution in [1.82, 2.24) is 19.6 Å². The SMILES string of the molecule is CCN(CC)C(=O)COc1c2cc(C(C)(C)C)cc1Cc1cc(C(C)(C)C)cc(c1OCC(=O)N(CC)CC)CCCc1cc(C(C)(C)C)cc(c1OCC(=O)N(CC)CC)Cc1cc(C(C)(C)C)cc(c1OCC(=O)N(CC)CC)CCC2. The van der Waals surface area contributed by atoms with Crippen LogP contribution in [0.25, 0.3) is 0 Å². The van der Waals surface area contributed by atoms with E-state index in [1.807, 2.05) is 75.0 Å². The minimum Gasteiger partial charge on any atom is -0.483 e. The molecule has 5 rings (SSSR count). The molecule has 0 aliphatic heterocycles. The van der Waals surface area contributed by atoms with Crippen molar-refractivity contribution in [2.75, 3.05) is 78.8 Å². The smallest absolute Gasteiger partial charge is 0.260 e. The molecule has 0 saturated heterocycles. The van der Waals surface area contributed by atoms with Gasteiger partial charge in [0.2, 0.25) is 0 Å². The van der Waals surface area contributed by atoms with Crippen molar-refractivity contribution in [3.63, 3.8) is 0 Å². The Hall–Kier alpha value is -6.04. The number of carbonyl (C=O) groups excluding carboxylic acids is 4. The first kappa shape index (κ1) is 68.7. The summed E-state index contributed by atoms with van der Waals surface area (Å²) in [5, 5.41) is 0. The number of ether oxygens (including phenoxy) is 4. The summed E-state index contributed by atoms with van der Waals surface area (Å²) in [6, 6.07) is 18.1. The van der Waals surface area contributed by atoms with E-state index in [0.29, 0.717) is 127 Å². The van der Waals surface area contributed by atoms with Crippen molar-refractivity contribution in [3.05, 3.63) is 115 Å². The molecule has 12 heteroatoms. The molecule has 4 aromatic rings. The van der Waals surface area contributed by atoms with Gasteiger partial charge >= 0.3 is 0 Å². The van der Waals surface area contributed by atoms with Crippen LogP contribution in [-0.4, -0.2) is 122 Å². The fraction of sp³-hybridized carbons (Fsp3) is 0.611. The lowest BCUT2D eigenvalue weighted by molar-refractivity contribution is -0.133. The van der Waals surface area contributed by atoms with Crippen LogP contribution in [-0.2, 0) is 79.4 Å². The average molecular weight is 1160 g/mol. The van der Waals surface area contributed by atoms with Gasteiger partial charge in [-0.3, -0.25) is 19.2 Å². The maximum absolute atomic E-state index is 14.0. The van der Waals surface area contributed by atoms with E-state index in [2.05, 4.69) is 132 Å². The van der Waals surface area contributed by atoms with Crippen LogP contribution in [0.3, 0.4) is 0 Å². The molecule has 0 radical (unpaired) electrons. The van der Waals surface area contributed by atoms with Crippen molar-refractivity contribution in [2.45, 2.75) is 212 Å². The van der Waals surface area contributed by atoms with Gasteiger partial charge in [0.15, 0.2) is 26.4 Å². The zero-order chi connectivity index (χ0) is 62.5. The highest BCUT2D eigenvalue weighted by atomic mass is 16.5. The van der Waals surface area contributed by atoms with Gasteiger partial charge in [-0.25, -0.2) is 0 Å². The number of hydrogen-bond acceptors (Lipinski definition) is 8. The number of fused-ring (bicyclic) bond motifs is 8. The molecule has 1 aliphatic rings. The molecule has 12 nitrogen and oxygen atoms in total. The van der Waals surface area contributed by atoms with Gasteiger partial charge < -0.3 is 38.5 Å². The van der Waals surface area contributed by atoms with Crippen LogP contribution < -0.4 is 18.9 Å². The lowest BCUT2D eigenvalue weighted by Crippen LogP contribution is -2.35. The van der Waals surface area contributed by atoms with Crippen LogP contribution in [0, 0.1) is 0 Å². The van der Waals surface area contributed by atoms with Crippen molar-refractivity contribution in [3.8, 4) is 23.0 Å². The first-order valence-corrected chi connectivity index (χ1v) is 31.7. The lowest BCUT2D eigenvalue weighted by atomic mass is 9.80. The van der Waals surface area contributed by atoms with Gasteiger partial charge in [-0.05, 0) is 182 Å². The predicted octanol–water partition coefficient (Wildman–Crippen LogP) is 13.7. The second-order valence-corrected chi connectivity index (χ2v) is 27.0. The first-order chi connectivity index (χ1) is 39.5. The van der Waals surface area contributed by atoms with E-state index in [1.54, 1.807) is 0 Å². The van der Waals surface area contributed by atoms with E-state index >= 15 is 0 Å². The van der Waals surface area contributed by atoms with Gasteiger partial charge in [-0.2, -0.15) is 0 Å². The molecule has 464 valence electrons. The second kappa shape index (κ2) is 29.9. The maximum atomic E-state index is 14.0. The van der Waals surface area contributed by atoms with Crippen LogP contribution in [0.15, 0.2) is 48.5 Å². The third-order valence-electron chi connectivity index (χ3n) is 16.8. The quantitative estimate of drug-likeness (QED) is 0.0859. The van der Waals surface area contributed by atoms with Crippen LogP contribution >= 0.6 is 0 Å². The zero-order valence-corrected chi connectivity index (χ0v) is 55.8. The van der Waals surface area contributed by atoms with Crippen molar-refractivity contribution in [2.24, 2.45) is 0 Å². The van der Waals surface area contributed by atoms with E-state index < -0.39 is 0 Å². The molecular weight excluding hydrogens is 1050 g/mol. The molecule has 4 aromatic carbocycles. The number of amides is 4. The molecule has 84 heavy (non-hydrogen) atoms. The van der Waals surface area contributed by atoms with Gasteiger partial charge in [0.1, 0.15) is 23.0 Å². The molecule has 1 aliphatic carbocycles. The summed E-state index contributed by atoms with van der Waals surface area (Å²) in [5.74, 6) is 2.45. The summed E-state index contributed by atoms with van der Waals surface area (Å²) in [6.07, 6.45) is 4.68. The summed E-state index contributed by atoms with van der Waals surface area (Å²) in [5.41, 5.74) is 11.4. The van der Waals surface area contributed by atoms with Gasteiger partial charge in [0.25, 0.3) is 23.6 Å². The normalized spacial score (nSPS) is 13.4. The van der Waals surface area contributed by atoms with Crippen LogP contribution in [0.1, 0.15) is 218 Å². The lowest BCUT2D eigenvalue weighted by Gasteiger charge is -2.28. The molecular formula is C72H108N4O8. The predicted molar refractivity (Wildman–Crippen MR) is 344 cm³/mol. The van der Waals surface area contributed by atoms with Crippen molar-refractivity contribution in [1.29, 1.82) is 0 Å². The second-order valence-electron chi connectivity index (χ2n) is 27.0. The Kier molecular flexibility index (Phi) is 24.4.